The molecule has 5 heteroatoms. The van der Waals surface area contributed by atoms with E-state index in [4.69, 9.17) is 5.26 Å². The Morgan fingerprint density at radius 3 is 2.65 bits per heavy atom. The van der Waals surface area contributed by atoms with Gasteiger partial charge < -0.3 is 10.3 Å². The fraction of sp³-hybridized carbons (Fsp3) is 0.346. The molecule has 0 saturated carbocycles. The molecule has 0 amide bonds. The highest BCUT2D eigenvalue weighted by molar-refractivity contribution is 5.34. The lowest BCUT2D eigenvalue weighted by Gasteiger charge is -2.43. The van der Waals surface area contributed by atoms with E-state index < -0.39 is 5.41 Å². The average Bonchev–Trinajstić information content (AvgIpc) is 3.35. The number of hydrogen-bond acceptors (Lipinski definition) is 4. The number of nitrogens with zero attached hydrogens (tertiary/aromatic N) is 3. The second-order valence-corrected chi connectivity index (χ2v) is 8.56. The van der Waals surface area contributed by atoms with Gasteiger partial charge in [-0.25, -0.2) is 4.98 Å². The van der Waals surface area contributed by atoms with Crippen LogP contribution in [0.25, 0.3) is 0 Å². The van der Waals surface area contributed by atoms with E-state index in [-0.39, 0.29) is 11.8 Å². The second kappa shape index (κ2) is 9.16. The van der Waals surface area contributed by atoms with Crippen molar-refractivity contribution in [3.8, 4) is 12.1 Å². The van der Waals surface area contributed by atoms with Crippen molar-refractivity contribution in [2.24, 2.45) is 11.3 Å². The van der Waals surface area contributed by atoms with Crippen molar-refractivity contribution < 1.29 is 0 Å². The number of H-pyrrole nitrogens is 1. The Labute approximate surface area is 183 Å². The zero-order valence-corrected chi connectivity index (χ0v) is 17.8. The molecule has 0 radical (unpaired) electrons. The first kappa shape index (κ1) is 20.8. The fourth-order valence-electron chi connectivity index (χ4n) is 4.93. The molecule has 0 spiro atoms. The van der Waals surface area contributed by atoms with Crippen LogP contribution in [0.1, 0.15) is 40.3 Å². The van der Waals surface area contributed by atoms with Gasteiger partial charge in [-0.15, -0.1) is 0 Å². The zero-order valence-electron chi connectivity index (χ0n) is 17.8. The first-order chi connectivity index (χ1) is 15.1. The van der Waals surface area contributed by atoms with E-state index in [9.17, 15) is 5.26 Å². The van der Waals surface area contributed by atoms with Crippen molar-refractivity contribution >= 4 is 0 Å². The van der Waals surface area contributed by atoms with Crippen molar-refractivity contribution in [2.45, 2.75) is 32.1 Å². The number of aromatic amines is 1. The van der Waals surface area contributed by atoms with E-state index in [2.05, 4.69) is 58.6 Å². The normalized spacial score (nSPS) is 21.7. The van der Waals surface area contributed by atoms with E-state index in [1.165, 1.54) is 11.1 Å². The molecule has 2 N–H and O–H groups in total. The van der Waals surface area contributed by atoms with Crippen LogP contribution in [-0.4, -0.2) is 23.1 Å². The van der Waals surface area contributed by atoms with E-state index in [0.29, 0.717) is 5.56 Å². The molecular formula is C26H27N5. The quantitative estimate of drug-likeness (QED) is 0.636. The second-order valence-electron chi connectivity index (χ2n) is 8.56. The van der Waals surface area contributed by atoms with Gasteiger partial charge in [-0.2, -0.15) is 10.5 Å². The molecule has 3 unspecified atom stereocenters. The summed E-state index contributed by atoms with van der Waals surface area (Å²) in [7, 11) is 0. The molecule has 156 valence electrons. The maximum atomic E-state index is 10.5. The summed E-state index contributed by atoms with van der Waals surface area (Å²) in [6.07, 6.45) is 5.96. The average molecular weight is 410 g/mol. The van der Waals surface area contributed by atoms with Crippen molar-refractivity contribution in [1.82, 2.24) is 15.3 Å². The maximum Gasteiger partial charge on any atom is 0.0991 e. The highest BCUT2D eigenvalue weighted by atomic mass is 14.9. The molecule has 0 bridgehead atoms. The minimum Gasteiger partial charge on any atom is -0.348 e. The third kappa shape index (κ3) is 4.38. The minimum atomic E-state index is -0.459. The molecule has 1 aliphatic heterocycles. The van der Waals surface area contributed by atoms with Crippen LogP contribution in [0.4, 0.5) is 0 Å². The summed E-state index contributed by atoms with van der Waals surface area (Å²) in [5.74, 6) is 0.244. The largest absolute Gasteiger partial charge is 0.348 e. The Bertz CT molecular complexity index is 1090. The van der Waals surface area contributed by atoms with Crippen LogP contribution in [0.3, 0.4) is 0 Å². The Morgan fingerprint density at radius 2 is 1.97 bits per heavy atom. The van der Waals surface area contributed by atoms with E-state index in [0.717, 1.165) is 43.6 Å². The van der Waals surface area contributed by atoms with Crippen LogP contribution in [0.5, 0.6) is 0 Å². The lowest BCUT2D eigenvalue weighted by atomic mass is 9.62. The van der Waals surface area contributed by atoms with E-state index >= 15 is 0 Å². The highest BCUT2D eigenvalue weighted by Gasteiger charge is 2.46. The summed E-state index contributed by atoms with van der Waals surface area (Å²) >= 11 is 0. The molecular weight excluding hydrogens is 382 g/mol. The van der Waals surface area contributed by atoms with Gasteiger partial charge in [0.05, 0.1) is 29.4 Å². The number of hydrogen-bond donors (Lipinski definition) is 2. The molecule has 1 aromatic heterocycles. The fourth-order valence-corrected chi connectivity index (χ4v) is 4.93. The topological polar surface area (TPSA) is 88.3 Å². The van der Waals surface area contributed by atoms with Gasteiger partial charge in [-0.05, 0) is 67.5 Å². The summed E-state index contributed by atoms with van der Waals surface area (Å²) < 4.78 is 0. The number of aromatic nitrogens is 2. The molecule has 1 saturated heterocycles. The van der Waals surface area contributed by atoms with E-state index in [1.807, 2.05) is 30.5 Å². The predicted molar refractivity (Wildman–Crippen MR) is 120 cm³/mol. The smallest absolute Gasteiger partial charge is 0.0991 e. The molecule has 0 aliphatic carbocycles. The Morgan fingerprint density at radius 1 is 1.16 bits per heavy atom. The van der Waals surface area contributed by atoms with Crippen LogP contribution < -0.4 is 5.32 Å². The van der Waals surface area contributed by atoms with Gasteiger partial charge >= 0.3 is 0 Å². The Kier molecular flexibility index (Phi) is 6.16. The van der Waals surface area contributed by atoms with Gasteiger partial charge in [-0.1, -0.05) is 36.4 Å². The van der Waals surface area contributed by atoms with Gasteiger partial charge in [0, 0.05) is 24.4 Å². The third-order valence-electron chi connectivity index (χ3n) is 6.75. The SMILES string of the molecule is Cc1ccccc1CC1(C#N)CCNCC1C(Cc1ccc(C#N)cc1)c1cnc[nH]1. The van der Waals surface area contributed by atoms with Crippen molar-refractivity contribution in [3.05, 3.63) is 89.0 Å². The first-order valence-electron chi connectivity index (χ1n) is 10.8. The van der Waals surface area contributed by atoms with Crippen LogP contribution >= 0.6 is 0 Å². The number of piperidine rings is 1. The Hall–Kier alpha value is -3.41. The van der Waals surface area contributed by atoms with Gasteiger partial charge in [0.1, 0.15) is 0 Å². The summed E-state index contributed by atoms with van der Waals surface area (Å²) in [6.45, 7) is 3.77. The van der Waals surface area contributed by atoms with Gasteiger partial charge in [0.15, 0.2) is 0 Å². The number of imidazole rings is 1. The Balaban J connectivity index is 1.71. The van der Waals surface area contributed by atoms with Crippen molar-refractivity contribution in [2.75, 3.05) is 13.1 Å². The summed E-state index contributed by atoms with van der Waals surface area (Å²) in [4.78, 5) is 7.59. The summed E-state index contributed by atoms with van der Waals surface area (Å²) in [6, 6.07) is 21.1. The molecule has 1 fully saturated rings. The maximum absolute atomic E-state index is 10.5. The van der Waals surface area contributed by atoms with Gasteiger partial charge in [0.25, 0.3) is 0 Å². The number of aryl methyl sites for hydroxylation is 1. The van der Waals surface area contributed by atoms with Crippen LogP contribution in [0.15, 0.2) is 61.1 Å². The molecule has 2 heterocycles. The van der Waals surface area contributed by atoms with Crippen molar-refractivity contribution in [3.63, 3.8) is 0 Å². The van der Waals surface area contributed by atoms with Crippen LogP contribution in [0.2, 0.25) is 0 Å². The molecule has 31 heavy (non-hydrogen) atoms. The van der Waals surface area contributed by atoms with Crippen molar-refractivity contribution in [1.29, 1.82) is 10.5 Å². The number of nitriles is 2. The molecule has 4 rings (SSSR count). The third-order valence-corrected chi connectivity index (χ3v) is 6.75. The van der Waals surface area contributed by atoms with Crippen LogP contribution in [0, 0.1) is 40.9 Å². The lowest BCUT2D eigenvalue weighted by molar-refractivity contribution is 0.141. The monoisotopic (exact) mass is 409 g/mol. The van der Waals surface area contributed by atoms with Gasteiger partial charge in [-0.3, -0.25) is 0 Å². The lowest BCUT2D eigenvalue weighted by Crippen LogP contribution is -2.48. The molecule has 3 aromatic rings. The summed E-state index contributed by atoms with van der Waals surface area (Å²) in [5.41, 5.74) is 4.90. The minimum absolute atomic E-state index is 0.118. The molecule has 1 aliphatic rings. The summed E-state index contributed by atoms with van der Waals surface area (Å²) in [5, 5.41) is 23.2. The number of rotatable bonds is 6. The molecule has 2 aromatic carbocycles. The van der Waals surface area contributed by atoms with E-state index in [1.54, 1.807) is 6.33 Å². The van der Waals surface area contributed by atoms with Crippen LogP contribution in [-0.2, 0) is 12.8 Å². The zero-order chi connectivity index (χ0) is 21.7. The number of nitrogens with one attached hydrogen (secondary N) is 2. The predicted octanol–water partition coefficient (Wildman–Crippen LogP) is 4.28. The number of benzene rings is 2. The highest BCUT2D eigenvalue weighted by Crippen LogP contribution is 2.45. The standard InChI is InChI=1S/C26H27N5/c1-19-4-2-3-5-22(19)13-26(17-28)10-11-29-15-24(26)23(25-16-30-18-31-25)12-20-6-8-21(14-27)9-7-20/h2-9,16,18,23-24,29H,10-13,15H2,1H3,(H,30,31). The van der Waals surface area contributed by atoms with Gasteiger partial charge in [0.2, 0.25) is 0 Å². The molecule has 3 atom stereocenters. The molecule has 5 nitrogen and oxygen atoms in total. The first-order valence-corrected chi connectivity index (χ1v) is 10.8.